The Morgan fingerprint density at radius 1 is 1.00 bits per heavy atom. The molecule has 2 rings (SSSR count). The molecule has 0 unspecified atom stereocenters. The number of hydrogen-bond donors (Lipinski definition) is 1. The van der Waals surface area contributed by atoms with Crippen LogP contribution >= 0.6 is 23.2 Å². The van der Waals surface area contributed by atoms with Crippen molar-refractivity contribution in [2.45, 2.75) is 38.8 Å². The van der Waals surface area contributed by atoms with Crippen LogP contribution in [0.3, 0.4) is 0 Å². The van der Waals surface area contributed by atoms with E-state index in [0.717, 1.165) is 35.0 Å². The molecule has 0 heterocycles. The maximum absolute atomic E-state index is 6.20. The highest BCUT2D eigenvalue weighted by Crippen LogP contribution is 2.22. The standard InChI is InChI=1S/C18H21Cl2N/c1-18(2,11-10-14-6-4-3-5-7-14)21-13-15-12-16(19)8-9-17(15)20/h3-9,12,21H,10-11,13H2,1-2H3. The molecule has 0 aliphatic heterocycles. The first-order valence-corrected chi connectivity index (χ1v) is 7.95. The Balaban J connectivity index is 1.90. The summed E-state index contributed by atoms with van der Waals surface area (Å²) in [6, 6.07) is 16.1. The van der Waals surface area contributed by atoms with Crippen LogP contribution < -0.4 is 5.32 Å². The molecule has 0 aromatic heterocycles. The molecular formula is C18H21Cl2N. The molecule has 1 nitrogen and oxygen atoms in total. The van der Waals surface area contributed by atoms with Gasteiger partial charge in [-0.25, -0.2) is 0 Å². The Bertz CT molecular complexity index is 579. The van der Waals surface area contributed by atoms with Gasteiger partial charge in [-0.3, -0.25) is 0 Å². The summed E-state index contributed by atoms with van der Waals surface area (Å²) >= 11 is 12.2. The molecule has 0 bridgehead atoms. The molecule has 0 saturated carbocycles. The third kappa shape index (κ3) is 5.35. The van der Waals surface area contributed by atoms with Crippen LogP contribution in [-0.2, 0) is 13.0 Å². The van der Waals surface area contributed by atoms with Crippen molar-refractivity contribution in [1.82, 2.24) is 5.32 Å². The zero-order valence-corrected chi connectivity index (χ0v) is 14.0. The second-order valence-electron chi connectivity index (χ2n) is 5.96. The molecule has 0 aliphatic carbocycles. The predicted molar refractivity (Wildman–Crippen MR) is 92.1 cm³/mol. The van der Waals surface area contributed by atoms with E-state index in [2.05, 4.69) is 43.4 Å². The van der Waals surface area contributed by atoms with Crippen LogP contribution in [0.15, 0.2) is 48.5 Å². The summed E-state index contributed by atoms with van der Waals surface area (Å²) in [7, 11) is 0. The van der Waals surface area contributed by atoms with E-state index < -0.39 is 0 Å². The lowest BCUT2D eigenvalue weighted by Gasteiger charge is -2.27. The van der Waals surface area contributed by atoms with Crippen LogP contribution in [-0.4, -0.2) is 5.54 Å². The maximum atomic E-state index is 6.20. The first-order chi connectivity index (χ1) is 9.96. The molecule has 3 heteroatoms. The summed E-state index contributed by atoms with van der Waals surface area (Å²) in [5, 5.41) is 5.05. The van der Waals surface area contributed by atoms with Crippen molar-refractivity contribution >= 4 is 23.2 Å². The molecule has 2 aromatic carbocycles. The van der Waals surface area contributed by atoms with Crippen molar-refractivity contribution in [3.63, 3.8) is 0 Å². The van der Waals surface area contributed by atoms with Gasteiger partial charge in [0.1, 0.15) is 0 Å². The van der Waals surface area contributed by atoms with E-state index in [4.69, 9.17) is 23.2 Å². The highest BCUT2D eigenvalue weighted by atomic mass is 35.5. The van der Waals surface area contributed by atoms with E-state index in [9.17, 15) is 0 Å². The van der Waals surface area contributed by atoms with Gasteiger partial charge in [-0.1, -0.05) is 53.5 Å². The molecule has 0 amide bonds. The van der Waals surface area contributed by atoms with Gasteiger partial charge < -0.3 is 5.32 Å². The Labute approximate surface area is 137 Å². The number of halogens is 2. The van der Waals surface area contributed by atoms with Crippen LogP contribution in [0.2, 0.25) is 10.0 Å². The molecule has 0 radical (unpaired) electrons. The smallest absolute Gasteiger partial charge is 0.0451 e. The Hall–Kier alpha value is -1.02. The quantitative estimate of drug-likeness (QED) is 0.741. The van der Waals surface area contributed by atoms with Crippen molar-refractivity contribution in [2.75, 3.05) is 0 Å². The summed E-state index contributed by atoms with van der Waals surface area (Å²) in [5.74, 6) is 0. The summed E-state index contributed by atoms with van der Waals surface area (Å²) in [4.78, 5) is 0. The largest absolute Gasteiger partial charge is 0.308 e. The topological polar surface area (TPSA) is 12.0 Å². The second kappa shape index (κ2) is 7.31. The summed E-state index contributed by atoms with van der Waals surface area (Å²) in [5.41, 5.74) is 2.45. The lowest BCUT2D eigenvalue weighted by Crippen LogP contribution is -2.39. The van der Waals surface area contributed by atoms with E-state index in [1.165, 1.54) is 5.56 Å². The second-order valence-corrected chi connectivity index (χ2v) is 6.80. The van der Waals surface area contributed by atoms with Gasteiger partial charge in [0.25, 0.3) is 0 Å². The summed E-state index contributed by atoms with van der Waals surface area (Å²) in [6.45, 7) is 5.16. The van der Waals surface area contributed by atoms with E-state index in [1.54, 1.807) is 0 Å². The SMILES string of the molecule is CC(C)(CCc1ccccc1)NCc1cc(Cl)ccc1Cl. The Morgan fingerprint density at radius 2 is 1.71 bits per heavy atom. The van der Waals surface area contributed by atoms with E-state index in [1.807, 2.05) is 24.3 Å². The lowest BCUT2D eigenvalue weighted by molar-refractivity contribution is 0.360. The molecule has 0 atom stereocenters. The first kappa shape index (κ1) is 16.4. The highest BCUT2D eigenvalue weighted by molar-refractivity contribution is 6.33. The summed E-state index contributed by atoms with van der Waals surface area (Å²) in [6.07, 6.45) is 2.12. The molecule has 21 heavy (non-hydrogen) atoms. The predicted octanol–water partition coefficient (Wildman–Crippen LogP) is 5.49. The molecule has 2 aromatic rings. The zero-order chi connectivity index (χ0) is 15.3. The van der Waals surface area contributed by atoms with Gasteiger partial charge in [-0.2, -0.15) is 0 Å². The number of hydrogen-bond acceptors (Lipinski definition) is 1. The first-order valence-electron chi connectivity index (χ1n) is 7.19. The van der Waals surface area contributed by atoms with Gasteiger partial charge in [0.2, 0.25) is 0 Å². The number of aryl methyl sites for hydroxylation is 1. The van der Waals surface area contributed by atoms with Gasteiger partial charge in [0, 0.05) is 22.1 Å². The average molecular weight is 322 g/mol. The van der Waals surface area contributed by atoms with Crippen LogP contribution in [0.4, 0.5) is 0 Å². The van der Waals surface area contributed by atoms with Gasteiger partial charge in [-0.15, -0.1) is 0 Å². The van der Waals surface area contributed by atoms with Crippen molar-refractivity contribution in [3.05, 3.63) is 69.7 Å². The zero-order valence-electron chi connectivity index (χ0n) is 12.5. The average Bonchev–Trinajstić information content (AvgIpc) is 2.47. The minimum atomic E-state index is 0.0431. The van der Waals surface area contributed by atoms with Crippen LogP contribution in [0.1, 0.15) is 31.4 Å². The van der Waals surface area contributed by atoms with Crippen molar-refractivity contribution in [2.24, 2.45) is 0 Å². The van der Waals surface area contributed by atoms with Crippen molar-refractivity contribution in [3.8, 4) is 0 Å². The number of nitrogens with one attached hydrogen (secondary N) is 1. The molecule has 0 fully saturated rings. The van der Waals surface area contributed by atoms with Crippen molar-refractivity contribution < 1.29 is 0 Å². The van der Waals surface area contributed by atoms with Crippen LogP contribution in [0.5, 0.6) is 0 Å². The third-order valence-corrected chi connectivity index (χ3v) is 4.25. The molecule has 0 aliphatic rings. The lowest BCUT2D eigenvalue weighted by atomic mass is 9.95. The fourth-order valence-electron chi connectivity index (χ4n) is 2.20. The number of rotatable bonds is 6. The van der Waals surface area contributed by atoms with E-state index in [0.29, 0.717) is 0 Å². The normalized spacial score (nSPS) is 11.6. The Kier molecular flexibility index (Phi) is 5.69. The summed E-state index contributed by atoms with van der Waals surface area (Å²) < 4.78 is 0. The Morgan fingerprint density at radius 3 is 2.43 bits per heavy atom. The van der Waals surface area contributed by atoms with Crippen molar-refractivity contribution in [1.29, 1.82) is 0 Å². The molecule has 112 valence electrons. The monoisotopic (exact) mass is 321 g/mol. The highest BCUT2D eigenvalue weighted by Gasteiger charge is 2.17. The minimum absolute atomic E-state index is 0.0431. The van der Waals surface area contributed by atoms with E-state index in [-0.39, 0.29) is 5.54 Å². The number of benzene rings is 2. The van der Waals surface area contributed by atoms with E-state index >= 15 is 0 Å². The van der Waals surface area contributed by atoms with Gasteiger partial charge in [-0.05, 0) is 56.0 Å². The third-order valence-electron chi connectivity index (χ3n) is 3.65. The van der Waals surface area contributed by atoms with Crippen LogP contribution in [0.25, 0.3) is 0 Å². The molecule has 0 spiro atoms. The molecular weight excluding hydrogens is 301 g/mol. The maximum Gasteiger partial charge on any atom is 0.0451 e. The molecule has 1 N–H and O–H groups in total. The van der Waals surface area contributed by atoms with Gasteiger partial charge in [0.15, 0.2) is 0 Å². The van der Waals surface area contributed by atoms with Crippen LogP contribution in [0, 0.1) is 0 Å². The fourth-order valence-corrected chi connectivity index (χ4v) is 2.58. The minimum Gasteiger partial charge on any atom is -0.308 e. The fraction of sp³-hybridized carbons (Fsp3) is 0.333. The van der Waals surface area contributed by atoms with Gasteiger partial charge >= 0.3 is 0 Å². The molecule has 0 saturated heterocycles. The van der Waals surface area contributed by atoms with Gasteiger partial charge in [0.05, 0.1) is 0 Å².